The topological polar surface area (TPSA) is 46.5 Å². The Hall–Kier alpha value is -2.78. The second-order valence-corrected chi connectivity index (χ2v) is 6.39. The zero-order valence-corrected chi connectivity index (χ0v) is 14.1. The van der Waals surface area contributed by atoms with Crippen LogP contribution in [0.1, 0.15) is 27.0 Å². The molecule has 4 rings (SSSR count). The van der Waals surface area contributed by atoms with E-state index in [-0.39, 0.29) is 0 Å². The Labute approximate surface area is 150 Å². The lowest BCUT2D eigenvalue weighted by Crippen LogP contribution is -2.01. The van der Waals surface area contributed by atoms with Gasteiger partial charge in [0, 0.05) is 17.0 Å². The lowest BCUT2D eigenvalue weighted by Gasteiger charge is -2.13. The number of carboxylic acids is 1. The number of carboxylic acid groups (broad SMARTS) is 1. The third-order valence-electron chi connectivity index (χ3n) is 4.48. The maximum atomic E-state index is 11.5. The summed E-state index contributed by atoms with van der Waals surface area (Å²) in [4.78, 5) is 11.5. The minimum absolute atomic E-state index is 0.318. The molecule has 0 atom stereocenters. The van der Waals surface area contributed by atoms with Gasteiger partial charge >= 0.3 is 5.97 Å². The number of hydrogen-bond donors (Lipinski definition) is 1. The van der Waals surface area contributed by atoms with Crippen LogP contribution in [0.5, 0.6) is 5.75 Å². The first-order chi connectivity index (χ1) is 12.1. The van der Waals surface area contributed by atoms with E-state index >= 15 is 0 Å². The van der Waals surface area contributed by atoms with E-state index in [0.29, 0.717) is 23.6 Å². The molecule has 3 nitrogen and oxygen atoms in total. The third kappa shape index (κ3) is 2.77. The molecule has 0 aromatic heterocycles. The summed E-state index contributed by atoms with van der Waals surface area (Å²) in [6.07, 6.45) is 0.508. The first-order valence-corrected chi connectivity index (χ1v) is 8.36. The summed E-state index contributed by atoms with van der Waals surface area (Å²) in [6.45, 7) is 0.447. The van der Waals surface area contributed by atoms with Gasteiger partial charge in [0.15, 0.2) is 0 Å². The Morgan fingerprint density at radius 1 is 1.00 bits per heavy atom. The molecule has 0 fully saturated rings. The van der Waals surface area contributed by atoms with Gasteiger partial charge in [-0.05, 0) is 40.5 Å². The van der Waals surface area contributed by atoms with Gasteiger partial charge in [-0.25, -0.2) is 4.79 Å². The molecule has 1 aliphatic rings. The van der Waals surface area contributed by atoms with E-state index < -0.39 is 5.97 Å². The van der Waals surface area contributed by atoms with Gasteiger partial charge in [0.2, 0.25) is 0 Å². The quantitative estimate of drug-likeness (QED) is 0.551. The van der Waals surface area contributed by atoms with E-state index in [2.05, 4.69) is 0 Å². The van der Waals surface area contributed by atoms with Crippen LogP contribution in [0.25, 0.3) is 11.1 Å². The lowest BCUT2D eigenvalue weighted by atomic mass is 10.0. The fraction of sp³-hybridized carbons (Fsp3) is 0.0952. The molecule has 4 heteroatoms. The van der Waals surface area contributed by atoms with Crippen LogP contribution in [0.15, 0.2) is 60.7 Å². The highest BCUT2D eigenvalue weighted by molar-refractivity contribution is 6.32. The van der Waals surface area contributed by atoms with Crippen molar-refractivity contribution in [3.63, 3.8) is 0 Å². The zero-order valence-electron chi connectivity index (χ0n) is 13.3. The van der Waals surface area contributed by atoms with Crippen molar-refractivity contribution >= 4 is 17.6 Å². The monoisotopic (exact) mass is 350 g/mol. The fourth-order valence-electron chi connectivity index (χ4n) is 3.31. The molecule has 0 saturated heterocycles. The third-order valence-corrected chi connectivity index (χ3v) is 4.84. The van der Waals surface area contributed by atoms with Gasteiger partial charge in [0.1, 0.15) is 12.4 Å². The molecule has 0 bridgehead atoms. The van der Waals surface area contributed by atoms with Crippen LogP contribution in [-0.4, -0.2) is 11.1 Å². The van der Waals surface area contributed by atoms with Crippen molar-refractivity contribution in [3.05, 3.63) is 87.9 Å². The van der Waals surface area contributed by atoms with Crippen molar-refractivity contribution in [3.8, 4) is 16.9 Å². The van der Waals surface area contributed by atoms with Gasteiger partial charge in [0.25, 0.3) is 0 Å². The molecule has 0 saturated carbocycles. The molecular formula is C21H15ClO3. The molecule has 0 unspecified atom stereocenters. The highest BCUT2D eigenvalue weighted by Gasteiger charge is 2.28. The van der Waals surface area contributed by atoms with Gasteiger partial charge in [-0.3, -0.25) is 0 Å². The number of ether oxygens (including phenoxy) is 1. The van der Waals surface area contributed by atoms with E-state index in [1.54, 1.807) is 12.1 Å². The van der Waals surface area contributed by atoms with Crippen LogP contribution in [0.2, 0.25) is 5.02 Å². The van der Waals surface area contributed by atoms with Crippen molar-refractivity contribution in [2.24, 2.45) is 0 Å². The predicted octanol–water partition coefficient (Wildman–Crippen LogP) is 5.19. The first-order valence-electron chi connectivity index (χ1n) is 7.99. The van der Waals surface area contributed by atoms with E-state index in [0.717, 1.165) is 33.6 Å². The number of halogens is 1. The summed E-state index contributed by atoms with van der Waals surface area (Å²) in [5.74, 6) is -0.197. The molecule has 0 amide bonds. The first kappa shape index (κ1) is 15.7. The minimum atomic E-state index is -0.924. The van der Waals surface area contributed by atoms with Gasteiger partial charge in [-0.15, -0.1) is 0 Å². The summed E-state index contributed by atoms with van der Waals surface area (Å²) in [6, 6.07) is 18.9. The summed E-state index contributed by atoms with van der Waals surface area (Å²) in [5, 5.41) is 10.1. The van der Waals surface area contributed by atoms with E-state index in [1.165, 1.54) is 0 Å². The smallest absolute Gasteiger partial charge is 0.335 e. The highest BCUT2D eigenvalue weighted by Crippen LogP contribution is 2.46. The molecule has 1 N–H and O–H groups in total. The number of rotatable bonds is 4. The lowest BCUT2D eigenvalue weighted by molar-refractivity contribution is 0.0696. The Morgan fingerprint density at radius 2 is 1.80 bits per heavy atom. The van der Waals surface area contributed by atoms with Crippen LogP contribution in [0.3, 0.4) is 0 Å². The number of benzene rings is 3. The van der Waals surface area contributed by atoms with Crippen molar-refractivity contribution < 1.29 is 14.6 Å². The summed E-state index contributed by atoms with van der Waals surface area (Å²) in [7, 11) is 0. The zero-order chi connectivity index (χ0) is 17.4. The van der Waals surface area contributed by atoms with Crippen molar-refractivity contribution in [1.82, 2.24) is 0 Å². The summed E-state index contributed by atoms with van der Waals surface area (Å²) in [5.41, 5.74) is 4.91. The molecule has 0 aliphatic heterocycles. The Kier molecular flexibility index (Phi) is 3.94. The van der Waals surface area contributed by atoms with Crippen molar-refractivity contribution in [1.29, 1.82) is 0 Å². The van der Waals surface area contributed by atoms with E-state index in [1.807, 2.05) is 48.5 Å². The van der Waals surface area contributed by atoms with Gasteiger partial charge in [0.05, 0.1) is 5.56 Å². The molecule has 3 aromatic carbocycles. The van der Waals surface area contributed by atoms with Crippen LogP contribution in [0, 0.1) is 0 Å². The number of fused-ring (bicyclic) bond motifs is 3. The number of aromatic carboxylic acids is 1. The summed E-state index contributed by atoms with van der Waals surface area (Å²) >= 11 is 6.38. The standard InChI is InChI=1S/C21H15ClO3/c22-18-9-10-19(25-12-13-5-2-1-3-6-13)20-14-7-4-8-15(21(23)24)16(14)11-17(18)20/h1-10H,11-12H2,(H,23,24). The van der Waals surface area contributed by atoms with Crippen LogP contribution >= 0.6 is 11.6 Å². The fourth-order valence-corrected chi connectivity index (χ4v) is 3.54. The second kappa shape index (κ2) is 6.26. The SMILES string of the molecule is O=C(O)c1cccc2c1Cc1c(Cl)ccc(OCc3ccccc3)c1-2. The van der Waals surface area contributed by atoms with Crippen LogP contribution in [0.4, 0.5) is 0 Å². The summed E-state index contributed by atoms with van der Waals surface area (Å²) < 4.78 is 6.04. The molecule has 3 aromatic rings. The van der Waals surface area contributed by atoms with E-state index in [4.69, 9.17) is 16.3 Å². The minimum Gasteiger partial charge on any atom is -0.488 e. The van der Waals surface area contributed by atoms with Gasteiger partial charge < -0.3 is 9.84 Å². The van der Waals surface area contributed by atoms with Crippen LogP contribution < -0.4 is 4.74 Å². The average Bonchev–Trinajstić information content (AvgIpc) is 3.02. The molecule has 0 spiro atoms. The van der Waals surface area contributed by atoms with Crippen molar-refractivity contribution in [2.45, 2.75) is 13.0 Å². The Bertz CT molecular complexity index is 964. The maximum absolute atomic E-state index is 11.5. The predicted molar refractivity (Wildman–Crippen MR) is 97.4 cm³/mol. The van der Waals surface area contributed by atoms with Gasteiger partial charge in [-0.2, -0.15) is 0 Å². The molecule has 0 radical (unpaired) electrons. The van der Waals surface area contributed by atoms with E-state index in [9.17, 15) is 9.90 Å². The Morgan fingerprint density at radius 3 is 2.56 bits per heavy atom. The molecule has 124 valence electrons. The second-order valence-electron chi connectivity index (χ2n) is 5.99. The Balaban J connectivity index is 1.77. The average molecular weight is 351 g/mol. The number of hydrogen-bond acceptors (Lipinski definition) is 2. The maximum Gasteiger partial charge on any atom is 0.335 e. The molecule has 0 heterocycles. The molecular weight excluding hydrogens is 336 g/mol. The number of carbonyl (C=O) groups is 1. The normalized spacial score (nSPS) is 11.7. The largest absolute Gasteiger partial charge is 0.488 e. The highest BCUT2D eigenvalue weighted by atomic mass is 35.5. The van der Waals surface area contributed by atoms with Crippen molar-refractivity contribution in [2.75, 3.05) is 0 Å². The molecule has 1 aliphatic carbocycles. The van der Waals surface area contributed by atoms with Crippen LogP contribution in [-0.2, 0) is 13.0 Å². The molecule has 25 heavy (non-hydrogen) atoms. The van der Waals surface area contributed by atoms with Gasteiger partial charge in [-0.1, -0.05) is 54.1 Å².